The molecule has 1 aromatic heterocycles. The summed E-state index contributed by atoms with van der Waals surface area (Å²) in [6.07, 6.45) is 1.51. The van der Waals surface area contributed by atoms with Gasteiger partial charge in [-0.1, -0.05) is 0 Å². The summed E-state index contributed by atoms with van der Waals surface area (Å²) in [5.41, 5.74) is 0. The highest BCUT2D eigenvalue weighted by atomic mass is 32.1. The molecule has 11 heavy (non-hydrogen) atoms. The van der Waals surface area contributed by atoms with Gasteiger partial charge < -0.3 is 9.84 Å². The first kappa shape index (κ1) is 8.16. The average molecular weight is 173 g/mol. The predicted molar refractivity (Wildman–Crippen MR) is 39.8 cm³/mol. The van der Waals surface area contributed by atoms with Gasteiger partial charge in [-0.2, -0.15) is 0 Å². The SMILES string of the molecule is COCc1cnc(C(=O)O)s1. The van der Waals surface area contributed by atoms with Crippen molar-refractivity contribution in [2.24, 2.45) is 0 Å². The Labute approximate surface area is 67.5 Å². The van der Waals surface area contributed by atoms with E-state index in [1.165, 1.54) is 6.20 Å². The Balaban J connectivity index is 2.73. The third kappa shape index (κ3) is 1.99. The topological polar surface area (TPSA) is 59.4 Å². The smallest absolute Gasteiger partial charge is 0.365 e. The third-order valence-corrected chi connectivity index (χ3v) is 1.98. The summed E-state index contributed by atoms with van der Waals surface area (Å²) >= 11 is 1.13. The Morgan fingerprint density at radius 2 is 2.64 bits per heavy atom. The van der Waals surface area contributed by atoms with Gasteiger partial charge in [0, 0.05) is 13.3 Å². The van der Waals surface area contributed by atoms with Crippen molar-refractivity contribution in [1.29, 1.82) is 0 Å². The highest BCUT2D eigenvalue weighted by molar-refractivity contribution is 7.13. The predicted octanol–water partition coefficient (Wildman–Crippen LogP) is 0.988. The van der Waals surface area contributed by atoms with Crippen molar-refractivity contribution in [3.63, 3.8) is 0 Å². The summed E-state index contributed by atoms with van der Waals surface area (Å²) in [4.78, 5) is 14.8. The summed E-state index contributed by atoms with van der Waals surface area (Å²) in [5, 5.41) is 8.58. The summed E-state index contributed by atoms with van der Waals surface area (Å²) in [6, 6.07) is 0. The summed E-state index contributed by atoms with van der Waals surface area (Å²) < 4.78 is 4.80. The largest absolute Gasteiger partial charge is 0.476 e. The van der Waals surface area contributed by atoms with E-state index in [-0.39, 0.29) is 5.01 Å². The fourth-order valence-electron chi connectivity index (χ4n) is 0.615. The quantitative estimate of drug-likeness (QED) is 0.740. The molecule has 0 aliphatic rings. The lowest BCUT2D eigenvalue weighted by atomic mass is 10.6. The molecule has 0 unspecified atom stereocenters. The highest BCUT2D eigenvalue weighted by Crippen LogP contribution is 2.12. The average Bonchev–Trinajstić information content (AvgIpc) is 2.37. The van der Waals surface area contributed by atoms with Crippen molar-refractivity contribution in [3.05, 3.63) is 16.1 Å². The normalized spacial score (nSPS) is 9.91. The van der Waals surface area contributed by atoms with Crippen LogP contribution in [0.2, 0.25) is 0 Å². The zero-order valence-corrected chi connectivity index (χ0v) is 6.72. The second kappa shape index (κ2) is 3.45. The van der Waals surface area contributed by atoms with Crippen LogP contribution in [0, 0.1) is 0 Å². The monoisotopic (exact) mass is 173 g/mol. The maximum Gasteiger partial charge on any atom is 0.365 e. The van der Waals surface area contributed by atoms with E-state index in [0.717, 1.165) is 16.2 Å². The lowest BCUT2D eigenvalue weighted by molar-refractivity contribution is 0.0696. The van der Waals surface area contributed by atoms with Crippen LogP contribution in [0.3, 0.4) is 0 Å². The van der Waals surface area contributed by atoms with Gasteiger partial charge in [-0.05, 0) is 0 Å². The van der Waals surface area contributed by atoms with Crippen molar-refractivity contribution in [1.82, 2.24) is 4.98 Å². The number of carboxylic acid groups (broad SMARTS) is 1. The van der Waals surface area contributed by atoms with E-state index < -0.39 is 5.97 Å². The number of thiazole rings is 1. The minimum atomic E-state index is -0.989. The molecule has 0 aliphatic heterocycles. The fourth-order valence-corrected chi connectivity index (χ4v) is 1.34. The number of carboxylic acids is 1. The van der Waals surface area contributed by atoms with Crippen LogP contribution in [0.25, 0.3) is 0 Å². The zero-order chi connectivity index (χ0) is 8.27. The van der Waals surface area contributed by atoms with E-state index in [1.807, 2.05) is 0 Å². The molecule has 0 saturated heterocycles. The Hall–Kier alpha value is -0.940. The number of rotatable bonds is 3. The second-order valence-corrected chi connectivity index (χ2v) is 2.99. The molecule has 0 spiro atoms. The van der Waals surface area contributed by atoms with Crippen LogP contribution in [0.15, 0.2) is 6.20 Å². The van der Waals surface area contributed by atoms with Crippen LogP contribution in [0.5, 0.6) is 0 Å². The van der Waals surface area contributed by atoms with Crippen LogP contribution in [-0.4, -0.2) is 23.2 Å². The first-order chi connectivity index (χ1) is 5.24. The number of carbonyl (C=O) groups is 1. The van der Waals surface area contributed by atoms with E-state index in [1.54, 1.807) is 7.11 Å². The minimum absolute atomic E-state index is 0.108. The summed E-state index contributed by atoms with van der Waals surface area (Å²) in [6.45, 7) is 0.422. The van der Waals surface area contributed by atoms with Gasteiger partial charge in [0.2, 0.25) is 5.01 Å². The number of methoxy groups -OCH3 is 1. The van der Waals surface area contributed by atoms with E-state index in [0.29, 0.717) is 6.61 Å². The molecule has 0 aliphatic carbocycles. The summed E-state index contributed by atoms with van der Waals surface area (Å²) in [7, 11) is 1.56. The lowest BCUT2D eigenvalue weighted by Crippen LogP contribution is -1.92. The van der Waals surface area contributed by atoms with Crippen molar-refractivity contribution in [2.45, 2.75) is 6.61 Å². The highest BCUT2D eigenvalue weighted by Gasteiger charge is 2.07. The van der Waals surface area contributed by atoms with Gasteiger partial charge in [-0.25, -0.2) is 9.78 Å². The Bertz CT molecular complexity index is 258. The van der Waals surface area contributed by atoms with Gasteiger partial charge in [0.15, 0.2) is 0 Å². The number of hydrogen-bond acceptors (Lipinski definition) is 4. The maximum absolute atomic E-state index is 10.3. The van der Waals surface area contributed by atoms with Crippen LogP contribution >= 0.6 is 11.3 Å². The Kier molecular flexibility index (Phi) is 2.56. The molecule has 5 heteroatoms. The molecular formula is C6H7NO3S. The molecule has 4 nitrogen and oxygen atoms in total. The molecule has 0 bridgehead atoms. The number of aromatic carboxylic acids is 1. The molecule has 0 aromatic carbocycles. The third-order valence-electron chi connectivity index (χ3n) is 1.02. The molecule has 1 N–H and O–H groups in total. The van der Waals surface area contributed by atoms with E-state index in [4.69, 9.17) is 9.84 Å². The van der Waals surface area contributed by atoms with Gasteiger partial charge in [-0.3, -0.25) is 0 Å². The first-order valence-corrected chi connectivity index (χ1v) is 3.72. The molecule has 0 amide bonds. The van der Waals surface area contributed by atoms with Crippen molar-refractivity contribution in [3.8, 4) is 0 Å². The molecule has 1 heterocycles. The molecule has 0 atom stereocenters. The molecule has 60 valence electrons. The van der Waals surface area contributed by atoms with Gasteiger partial charge >= 0.3 is 5.97 Å². The Morgan fingerprint density at radius 3 is 3.09 bits per heavy atom. The number of ether oxygens (including phenoxy) is 1. The van der Waals surface area contributed by atoms with E-state index >= 15 is 0 Å². The maximum atomic E-state index is 10.3. The van der Waals surface area contributed by atoms with E-state index in [2.05, 4.69) is 4.98 Å². The molecule has 1 aromatic rings. The second-order valence-electron chi connectivity index (χ2n) is 1.87. The van der Waals surface area contributed by atoms with Crippen molar-refractivity contribution >= 4 is 17.3 Å². The molecular weight excluding hydrogens is 166 g/mol. The molecule has 1 rings (SSSR count). The lowest BCUT2D eigenvalue weighted by Gasteiger charge is -1.88. The van der Waals surface area contributed by atoms with Crippen LogP contribution in [0.4, 0.5) is 0 Å². The fraction of sp³-hybridized carbons (Fsp3) is 0.333. The minimum Gasteiger partial charge on any atom is -0.476 e. The van der Waals surface area contributed by atoms with Gasteiger partial charge in [0.1, 0.15) is 0 Å². The standard InChI is InChI=1S/C6H7NO3S/c1-10-3-4-2-7-5(11-4)6(8)9/h2H,3H2,1H3,(H,8,9). The van der Waals surface area contributed by atoms with Crippen molar-refractivity contribution in [2.75, 3.05) is 7.11 Å². The van der Waals surface area contributed by atoms with E-state index in [9.17, 15) is 4.79 Å². The van der Waals surface area contributed by atoms with Crippen LogP contribution in [0.1, 0.15) is 14.7 Å². The Morgan fingerprint density at radius 1 is 1.91 bits per heavy atom. The van der Waals surface area contributed by atoms with Gasteiger partial charge in [0.05, 0.1) is 11.5 Å². The van der Waals surface area contributed by atoms with Crippen LogP contribution < -0.4 is 0 Å². The number of aromatic nitrogens is 1. The zero-order valence-electron chi connectivity index (χ0n) is 5.90. The van der Waals surface area contributed by atoms with Crippen molar-refractivity contribution < 1.29 is 14.6 Å². The molecule has 0 saturated carbocycles. The first-order valence-electron chi connectivity index (χ1n) is 2.91. The number of hydrogen-bond donors (Lipinski definition) is 1. The van der Waals surface area contributed by atoms with Gasteiger partial charge in [-0.15, -0.1) is 11.3 Å². The molecule has 0 fully saturated rings. The summed E-state index contributed by atoms with van der Waals surface area (Å²) in [5.74, 6) is -0.989. The molecule has 0 radical (unpaired) electrons. The number of nitrogens with zero attached hydrogens (tertiary/aromatic N) is 1. The van der Waals surface area contributed by atoms with Crippen LogP contribution in [-0.2, 0) is 11.3 Å². The van der Waals surface area contributed by atoms with Gasteiger partial charge in [0.25, 0.3) is 0 Å².